The van der Waals surface area contributed by atoms with Crippen molar-refractivity contribution >= 4 is 11.7 Å². The number of likely N-dealkylation sites (tertiary alicyclic amines) is 1. The Labute approximate surface area is 162 Å². The number of nitrogens with one attached hydrogen (secondary N) is 1. The molecule has 148 valence electrons. The number of nitrogens with zero attached hydrogens (tertiary/aromatic N) is 2. The monoisotopic (exact) mass is 371 g/mol. The molecule has 0 atom stereocenters. The molecule has 27 heavy (non-hydrogen) atoms. The number of Topliss-reactive ketones (excluding diaryl/α,β-unsaturated/α-hetero) is 1. The average molecular weight is 372 g/mol. The number of fused-ring (bicyclic) bond motifs is 1. The van der Waals surface area contributed by atoms with Gasteiger partial charge in [-0.2, -0.15) is 0 Å². The van der Waals surface area contributed by atoms with Gasteiger partial charge in [0.25, 0.3) is 0 Å². The van der Waals surface area contributed by atoms with Gasteiger partial charge in [-0.15, -0.1) is 0 Å². The van der Waals surface area contributed by atoms with Crippen LogP contribution in [0.5, 0.6) is 0 Å². The Morgan fingerprint density at radius 2 is 1.93 bits per heavy atom. The normalized spacial score (nSPS) is 19.3. The Morgan fingerprint density at radius 3 is 2.67 bits per heavy atom. The van der Waals surface area contributed by atoms with Gasteiger partial charge in [0, 0.05) is 23.3 Å². The molecule has 2 heterocycles. The highest BCUT2D eigenvalue weighted by molar-refractivity contribution is 5.82. The lowest BCUT2D eigenvalue weighted by Gasteiger charge is -2.37. The van der Waals surface area contributed by atoms with Crippen LogP contribution < -0.4 is 5.32 Å². The molecule has 5 heteroatoms. The number of piperidine rings is 1. The van der Waals surface area contributed by atoms with Crippen LogP contribution in [0, 0.1) is 5.41 Å². The zero-order chi connectivity index (χ0) is 19.3. The van der Waals surface area contributed by atoms with Crippen molar-refractivity contribution in [2.45, 2.75) is 65.2 Å². The van der Waals surface area contributed by atoms with Gasteiger partial charge in [0.2, 0.25) is 5.91 Å². The van der Waals surface area contributed by atoms with Crippen LogP contribution in [0.3, 0.4) is 0 Å². The van der Waals surface area contributed by atoms with Crippen LogP contribution in [0.25, 0.3) is 0 Å². The fourth-order valence-corrected chi connectivity index (χ4v) is 4.20. The number of amides is 1. The minimum absolute atomic E-state index is 0.156. The number of ketones is 1. The number of carbonyl (C=O) groups excluding carboxylic acids is 2. The van der Waals surface area contributed by atoms with Crippen molar-refractivity contribution < 1.29 is 9.59 Å². The zero-order valence-electron chi connectivity index (χ0n) is 16.9. The molecule has 0 spiro atoms. The van der Waals surface area contributed by atoms with E-state index in [0.717, 1.165) is 50.9 Å². The quantitative estimate of drug-likeness (QED) is 0.749. The second-order valence-electron chi connectivity index (χ2n) is 8.51. The molecular weight excluding hydrogens is 338 g/mol. The highest BCUT2D eigenvalue weighted by Gasteiger charge is 2.36. The molecule has 0 saturated carbocycles. The minimum atomic E-state index is -0.308. The first kappa shape index (κ1) is 20.0. The summed E-state index contributed by atoms with van der Waals surface area (Å²) in [6.07, 6.45) is 8.28. The highest BCUT2D eigenvalue weighted by atomic mass is 16.2. The van der Waals surface area contributed by atoms with Crippen molar-refractivity contribution in [3.8, 4) is 0 Å². The summed E-state index contributed by atoms with van der Waals surface area (Å²) in [7, 11) is 0. The fraction of sp³-hybridized carbons (Fsp3) is 0.682. The molecule has 1 saturated heterocycles. The van der Waals surface area contributed by atoms with Crippen molar-refractivity contribution in [1.82, 2.24) is 15.2 Å². The van der Waals surface area contributed by atoms with Crippen LogP contribution in [0.4, 0.5) is 0 Å². The van der Waals surface area contributed by atoms with Crippen molar-refractivity contribution in [2.75, 3.05) is 26.2 Å². The number of hydrogen-bond acceptors (Lipinski definition) is 4. The summed E-state index contributed by atoms with van der Waals surface area (Å²) in [6.45, 7) is 6.53. The molecule has 1 aromatic heterocycles. The predicted molar refractivity (Wildman–Crippen MR) is 107 cm³/mol. The summed E-state index contributed by atoms with van der Waals surface area (Å²) in [5.74, 6) is 0.349. The Morgan fingerprint density at radius 1 is 1.19 bits per heavy atom. The van der Waals surface area contributed by atoms with Crippen LogP contribution >= 0.6 is 0 Å². The van der Waals surface area contributed by atoms with Crippen LogP contribution in [-0.4, -0.2) is 47.8 Å². The standard InChI is InChI=1S/C22H33N3O2/c1-17(26)16-25-14-11-22(2,12-15-25)21(27)23-13-5-7-19-10-9-18-6-3-4-8-20(18)24-19/h9-10H,3-8,11-16H2,1-2H3,(H,23,27). The number of pyridine rings is 1. The van der Waals surface area contributed by atoms with E-state index < -0.39 is 0 Å². The first-order chi connectivity index (χ1) is 13.0. The Kier molecular flexibility index (Phi) is 6.64. The number of hydrogen-bond donors (Lipinski definition) is 1. The lowest BCUT2D eigenvalue weighted by molar-refractivity contribution is -0.133. The van der Waals surface area contributed by atoms with Crippen LogP contribution in [0.2, 0.25) is 0 Å². The second-order valence-corrected chi connectivity index (χ2v) is 8.51. The number of aromatic nitrogens is 1. The molecule has 2 aliphatic rings. The smallest absolute Gasteiger partial charge is 0.226 e. The van der Waals surface area contributed by atoms with E-state index in [9.17, 15) is 9.59 Å². The third-order valence-electron chi connectivity index (χ3n) is 6.09. The third-order valence-corrected chi connectivity index (χ3v) is 6.09. The summed E-state index contributed by atoms with van der Waals surface area (Å²) in [6, 6.07) is 4.39. The highest BCUT2D eigenvalue weighted by Crippen LogP contribution is 2.31. The maximum absolute atomic E-state index is 12.6. The molecule has 0 radical (unpaired) electrons. The van der Waals surface area contributed by atoms with Gasteiger partial charge in [-0.1, -0.05) is 13.0 Å². The van der Waals surface area contributed by atoms with Crippen molar-refractivity contribution in [1.29, 1.82) is 0 Å². The van der Waals surface area contributed by atoms with Gasteiger partial charge in [-0.25, -0.2) is 0 Å². The number of aryl methyl sites for hydroxylation is 3. The predicted octanol–water partition coefficient (Wildman–Crippen LogP) is 2.70. The summed E-state index contributed by atoms with van der Waals surface area (Å²) in [5.41, 5.74) is 3.54. The van der Waals surface area contributed by atoms with Gasteiger partial charge < -0.3 is 5.32 Å². The summed E-state index contributed by atoms with van der Waals surface area (Å²) < 4.78 is 0. The lowest BCUT2D eigenvalue weighted by Crippen LogP contribution is -2.48. The minimum Gasteiger partial charge on any atom is -0.356 e. The van der Waals surface area contributed by atoms with E-state index in [4.69, 9.17) is 4.98 Å². The third kappa shape index (κ3) is 5.38. The number of carbonyl (C=O) groups is 2. The fourth-order valence-electron chi connectivity index (χ4n) is 4.20. The molecule has 1 aliphatic carbocycles. The van der Waals surface area contributed by atoms with Crippen LogP contribution in [0.1, 0.15) is 62.9 Å². The van der Waals surface area contributed by atoms with Gasteiger partial charge >= 0.3 is 0 Å². The summed E-state index contributed by atoms with van der Waals surface area (Å²) in [4.78, 5) is 30.9. The van der Waals surface area contributed by atoms with E-state index in [1.807, 2.05) is 0 Å². The molecule has 5 nitrogen and oxygen atoms in total. The van der Waals surface area contributed by atoms with Gasteiger partial charge in [-0.05, 0) is 83.0 Å². The Balaban J connectivity index is 1.40. The first-order valence-corrected chi connectivity index (χ1v) is 10.4. The molecule has 3 rings (SSSR count). The van der Waals surface area contributed by atoms with E-state index in [-0.39, 0.29) is 17.1 Å². The van der Waals surface area contributed by atoms with E-state index >= 15 is 0 Å². The second kappa shape index (κ2) is 8.96. The largest absolute Gasteiger partial charge is 0.356 e. The first-order valence-electron chi connectivity index (χ1n) is 10.4. The lowest BCUT2D eigenvalue weighted by atomic mass is 9.79. The molecule has 1 aliphatic heterocycles. The van der Waals surface area contributed by atoms with Crippen molar-refractivity contribution in [3.05, 3.63) is 29.1 Å². The SMILES string of the molecule is CC(=O)CN1CCC(C)(C(=O)NCCCc2ccc3c(n2)CCCC3)CC1. The molecule has 1 aromatic rings. The van der Waals surface area contributed by atoms with Gasteiger partial charge in [0.15, 0.2) is 0 Å². The van der Waals surface area contributed by atoms with E-state index in [1.54, 1.807) is 6.92 Å². The van der Waals surface area contributed by atoms with Crippen LogP contribution in [0.15, 0.2) is 12.1 Å². The van der Waals surface area contributed by atoms with Gasteiger partial charge in [0.05, 0.1) is 6.54 Å². The van der Waals surface area contributed by atoms with Gasteiger partial charge in [-0.3, -0.25) is 19.5 Å². The molecule has 0 aromatic carbocycles. The zero-order valence-corrected chi connectivity index (χ0v) is 16.9. The van der Waals surface area contributed by atoms with Gasteiger partial charge in [0.1, 0.15) is 5.78 Å². The molecule has 1 N–H and O–H groups in total. The van der Waals surface area contributed by atoms with Crippen molar-refractivity contribution in [3.63, 3.8) is 0 Å². The maximum atomic E-state index is 12.6. The van der Waals surface area contributed by atoms with E-state index in [2.05, 4.69) is 29.3 Å². The molecule has 0 unspecified atom stereocenters. The van der Waals surface area contributed by atoms with Crippen LogP contribution in [-0.2, 0) is 28.9 Å². The van der Waals surface area contributed by atoms with Crippen molar-refractivity contribution in [2.24, 2.45) is 5.41 Å². The summed E-state index contributed by atoms with van der Waals surface area (Å²) in [5, 5.41) is 3.13. The van der Waals surface area contributed by atoms with E-state index in [0.29, 0.717) is 13.1 Å². The Bertz CT molecular complexity index is 678. The number of rotatable bonds is 7. The van der Waals surface area contributed by atoms with E-state index in [1.165, 1.54) is 30.5 Å². The maximum Gasteiger partial charge on any atom is 0.226 e. The topological polar surface area (TPSA) is 62.3 Å². The molecule has 1 fully saturated rings. The molecular formula is C22H33N3O2. The summed E-state index contributed by atoms with van der Waals surface area (Å²) >= 11 is 0. The molecule has 1 amide bonds. The Hall–Kier alpha value is -1.75. The average Bonchev–Trinajstić information content (AvgIpc) is 2.66. The molecule has 0 bridgehead atoms.